The molecule has 1 heterocycles. The molecule has 0 bridgehead atoms. The number of rotatable bonds is 7. The Hall–Kier alpha value is -0.920. The summed E-state index contributed by atoms with van der Waals surface area (Å²) in [5.74, 6) is 0. The molecule has 3 atom stereocenters. The molecule has 134 valence electrons. The van der Waals surface area contributed by atoms with Crippen molar-refractivity contribution in [3.8, 4) is 0 Å². The Morgan fingerprint density at radius 1 is 1.42 bits per heavy atom. The second kappa shape index (κ2) is 8.97. The predicted octanol–water partition coefficient (Wildman–Crippen LogP) is 3.73. The Balaban J connectivity index is 1.83. The third kappa shape index (κ3) is 5.29. The molecule has 1 amide bonds. The Morgan fingerprint density at radius 2 is 2.08 bits per heavy atom. The summed E-state index contributed by atoms with van der Waals surface area (Å²) >= 11 is 3.43. The number of benzene rings is 1. The number of halogens is 1. The predicted molar refractivity (Wildman–Crippen MR) is 100 cm³/mol. The van der Waals surface area contributed by atoms with Gasteiger partial charge in [0.15, 0.2) is 0 Å². The summed E-state index contributed by atoms with van der Waals surface area (Å²) in [6, 6.07) is 8.01. The quantitative estimate of drug-likeness (QED) is 0.680. The zero-order valence-corrected chi connectivity index (χ0v) is 16.8. The maximum absolute atomic E-state index is 12.3. The molecule has 0 aliphatic carbocycles. The van der Waals surface area contributed by atoms with Crippen LogP contribution in [0.4, 0.5) is 4.79 Å². The summed E-state index contributed by atoms with van der Waals surface area (Å²) in [7, 11) is 0.893. The summed E-state index contributed by atoms with van der Waals surface area (Å²) in [6.45, 7) is 3.47. The van der Waals surface area contributed by atoms with Crippen LogP contribution in [-0.2, 0) is 15.7 Å². The van der Waals surface area contributed by atoms with E-state index in [9.17, 15) is 9.00 Å². The second-order valence-corrected chi connectivity index (χ2v) is 8.52. The van der Waals surface area contributed by atoms with Gasteiger partial charge in [-0.05, 0) is 44.5 Å². The third-order valence-electron chi connectivity index (χ3n) is 4.45. The van der Waals surface area contributed by atoms with E-state index in [4.69, 9.17) is 4.74 Å². The number of carbonyl (C=O) groups is 1. The molecule has 1 aliphatic rings. The van der Waals surface area contributed by atoms with Gasteiger partial charge in [-0.2, -0.15) is 0 Å². The minimum atomic E-state index is -0.945. The maximum Gasteiger partial charge on any atom is 0.410 e. The van der Waals surface area contributed by atoms with E-state index in [-0.39, 0.29) is 18.2 Å². The smallest absolute Gasteiger partial charge is 0.410 e. The first-order chi connectivity index (χ1) is 11.4. The van der Waals surface area contributed by atoms with Gasteiger partial charge in [-0.25, -0.2) is 13.3 Å². The molecule has 1 saturated heterocycles. The van der Waals surface area contributed by atoms with Crippen LogP contribution < -0.4 is 0 Å². The molecule has 1 aliphatic heterocycles. The molecular formula is C17H25BrN2O3S. The zero-order valence-electron chi connectivity index (χ0n) is 14.4. The topological polar surface area (TPSA) is 49.9 Å². The standard InChI is InChI=1S/C17H25BrN2O3S/c1-13(14-6-8-15(18)9-7-14)20-12-10-16(23-17(20)21)5-4-11-19(2)24(3)22/h6-9,13,16H,4-5,10-12H2,1-3H3. The van der Waals surface area contributed by atoms with Crippen molar-refractivity contribution in [1.82, 2.24) is 9.21 Å². The number of ether oxygens (including phenoxy) is 1. The highest BCUT2D eigenvalue weighted by Gasteiger charge is 2.30. The first-order valence-electron chi connectivity index (χ1n) is 8.16. The van der Waals surface area contributed by atoms with Crippen LogP contribution >= 0.6 is 15.9 Å². The first kappa shape index (κ1) is 19.4. The van der Waals surface area contributed by atoms with Crippen LogP contribution in [0.15, 0.2) is 28.7 Å². The Kier molecular flexibility index (Phi) is 7.25. The molecule has 3 unspecified atom stereocenters. The van der Waals surface area contributed by atoms with Crippen LogP contribution in [-0.4, -0.2) is 52.0 Å². The minimum absolute atomic E-state index is 0.000182. The van der Waals surface area contributed by atoms with Gasteiger partial charge in [0.05, 0.1) is 17.0 Å². The molecule has 7 heteroatoms. The van der Waals surface area contributed by atoms with Crippen molar-refractivity contribution in [1.29, 1.82) is 0 Å². The van der Waals surface area contributed by atoms with Gasteiger partial charge in [0.25, 0.3) is 0 Å². The van der Waals surface area contributed by atoms with E-state index < -0.39 is 11.0 Å². The van der Waals surface area contributed by atoms with Crippen molar-refractivity contribution in [2.75, 3.05) is 26.4 Å². The van der Waals surface area contributed by atoms with Crippen molar-refractivity contribution in [2.24, 2.45) is 0 Å². The first-order valence-corrected chi connectivity index (χ1v) is 10.5. The largest absolute Gasteiger partial charge is 0.446 e. The van der Waals surface area contributed by atoms with Gasteiger partial charge in [-0.1, -0.05) is 28.1 Å². The fraction of sp³-hybridized carbons (Fsp3) is 0.588. The van der Waals surface area contributed by atoms with E-state index in [1.54, 1.807) is 15.5 Å². The van der Waals surface area contributed by atoms with Gasteiger partial charge in [0.1, 0.15) is 6.10 Å². The lowest BCUT2D eigenvalue weighted by atomic mass is 10.0. The van der Waals surface area contributed by atoms with Gasteiger partial charge in [-0.3, -0.25) is 0 Å². The summed E-state index contributed by atoms with van der Waals surface area (Å²) in [5, 5.41) is 0. The van der Waals surface area contributed by atoms with Crippen LogP contribution in [0.1, 0.15) is 37.8 Å². The number of cyclic esters (lactones) is 1. The molecule has 0 radical (unpaired) electrons. The lowest BCUT2D eigenvalue weighted by Gasteiger charge is -2.36. The Morgan fingerprint density at radius 3 is 2.67 bits per heavy atom. The lowest BCUT2D eigenvalue weighted by molar-refractivity contribution is 0.00898. The fourth-order valence-corrected chi connectivity index (χ4v) is 3.44. The second-order valence-electron chi connectivity index (χ2n) is 6.13. The van der Waals surface area contributed by atoms with Gasteiger partial charge in [0, 0.05) is 30.2 Å². The van der Waals surface area contributed by atoms with Gasteiger partial charge < -0.3 is 9.64 Å². The summed E-state index contributed by atoms with van der Waals surface area (Å²) in [6.07, 6.45) is 3.91. The highest BCUT2D eigenvalue weighted by Crippen LogP contribution is 2.27. The number of carbonyl (C=O) groups excluding carboxylic acids is 1. The Labute approximate surface area is 155 Å². The highest BCUT2D eigenvalue weighted by atomic mass is 79.9. The summed E-state index contributed by atoms with van der Waals surface area (Å²) in [4.78, 5) is 14.1. The van der Waals surface area contributed by atoms with Gasteiger partial charge >= 0.3 is 6.09 Å². The highest BCUT2D eigenvalue weighted by molar-refractivity contribution is 9.10. The molecule has 1 fully saturated rings. The van der Waals surface area contributed by atoms with Crippen LogP contribution in [0.5, 0.6) is 0 Å². The van der Waals surface area contributed by atoms with E-state index >= 15 is 0 Å². The third-order valence-corrected chi connectivity index (χ3v) is 6.04. The molecule has 0 N–H and O–H groups in total. The molecule has 1 aromatic rings. The maximum atomic E-state index is 12.3. The van der Waals surface area contributed by atoms with Crippen molar-refractivity contribution in [3.05, 3.63) is 34.3 Å². The molecule has 0 spiro atoms. The van der Waals surface area contributed by atoms with E-state index in [1.165, 1.54) is 0 Å². The summed E-state index contributed by atoms with van der Waals surface area (Å²) < 4.78 is 19.7. The van der Waals surface area contributed by atoms with Crippen LogP contribution in [0.25, 0.3) is 0 Å². The van der Waals surface area contributed by atoms with Crippen molar-refractivity contribution < 1.29 is 13.7 Å². The van der Waals surface area contributed by atoms with Gasteiger partial charge in [-0.15, -0.1) is 0 Å². The van der Waals surface area contributed by atoms with Crippen molar-refractivity contribution >= 4 is 33.0 Å². The fourth-order valence-electron chi connectivity index (χ4n) is 2.79. The molecule has 5 nitrogen and oxygen atoms in total. The normalized spacial score (nSPS) is 20.8. The van der Waals surface area contributed by atoms with Gasteiger partial charge in [0.2, 0.25) is 0 Å². The number of hydrogen-bond acceptors (Lipinski definition) is 3. The minimum Gasteiger partial charge on any atom is -0.446 e. The zero-order chi connectivity index (χ0) is 17.7. The average molecular weight is 417 g/mol. The van der Waals surface area contributed by atoms with E-state index in [1.807, 2.05) is 38.2 Å². The monoisotopic (exact) mass is 416 g/mol. The number of nitrogens with zero attached hydrogens (tertiary/aromatic N) is 2. The van der Waals surface area contributed by atoms with Crippen LogP contribution in [0.3, 0.4) is 0 Å². The van der Waals surface area contributed by atoms with E-state index in [2.05, 4.69) is 15.9 Å². The molecule has 2 rings (SSSR count). The number of hydrogen-bond donors (Lipinski definition) is 0. The van der Waals surface area contributed by atoms with E-state index in [0.29, 0.717) is 6.54 Å². The molecular weight excluding hydrogens is 392 g/mol. The van der Waals surface area contributed by atoms with E-state index in [0.717, 1.165) is 35.8 Å². The Bertz CT molecular complexity index is 582. The lowest BCUT2D eigenvalue weighted by Crippen LogP contribution is -2.43. The molecule has 1 aromatic carbocycles. The molecule has 24 heavy (non-hydrogen) atoms. The SMILES string of the molecule is CC(c1ccc(Br)cc1)N1CCC(CCCN(C)S(C)=O)OC1=O. The molecule has 0 aromatic heterocycles. The van der Waals surface area contributed by atoms with Crippen LogP contribution in [0.2, 0.25) is 0 Å². The van der Waals surface area contributed by atoms with Crippen molar-refractivity contribution in [3.63, 3.8) is 0 Å². The summed E-state index contributed by atoms with van der Waals surface area (Å²) in [5.41, 5.74) is 1.10. The number of amides is 1. The van der Waals surface area contributed by atoms with Crippen LogP contribution in [0, 0.1) is 0 Å². The van der Waals surface area contributed by atoms with Crippen molar-refractivity contribution in [2.45, 2.75) is 38.3 Å². The average Bonchev–Trinajstić information content (AvgIpc) is 2.55. The molecule has 0 saturated carbocycles.